The molecule has 0 aliphatic rings. The van der Waals surface area contributed by atoms with E-state index < -0.39 is 0 Å². The molecule has 0 amide bonds. The van der Waals surface area contributed by atoms with Crippen LogP contribution in [-0.2, 0) is 6.54 Å². The van der Waals surface area contributed by atoms with E-state index in [9.17, 15) is 0 Å². The Morgan fingerprint density at radius 3 is 3.14 bits per heavy atom. The highest BCUT2D eigenvalue weighted by atomic mass is 32.2. The van der Waals surface area contributed by atoms with Crippen LogP contribution in [0.1, 0.15) is 11.3 Å². The van der Waals surface area contributed by atoms with Crippen molar-refractivity contribution in [3.8, 4) is 0 Å². The minimum Gasteiger partial charge on any atom is -0.395 e. The van der Waals surface area contributed by atoms with Crippen molar-refractivity contribution in [2.45, 2.75) is 19.0 Å². The quantitative estimate of drug-likeness (QED) is 0.745. The molecule has 0 spiro atoms. The summed E-state index contributed by atoms with van der Waals surface area (Å²) in [5.74, 6) is 1.08. The molecule has 1 rings (SSSR count). The van der Waals surface area contributed by atoms with E-state index in [1.54, 1.807) is 11.3 Å². The van der Waals surface area contributed by atoms with Gasteiger partial charge in [0.15, 0.2) is 0 Å². The fourth-order valence-corrected chi connectivity index (χ4v) is 2.16. The van der Waals surface area contributed by atoms with E-state index in [0.717, 1.165) is 18.7 Å². The maximum atomic E-state index is 9.10. The molecule has 0 saturated carbocycles. The van der Waals surface area contributed by atoms with E-state index in [4.69, 9.17) is 5.11 Å². The van der Waals surface area contributed by atoms with Crippen LogP contribution in [-0.4, -0.2) is 34.7 Å². The zero-order valence-electron chi connectivity index (χ0n) is 8.27. The summed E-state index contributed by atoms with van der Waals surface area (Å²) in [6, 6.07) is 0.213. The third kappa shape index (κ3) is 4.41. The van der Waals surface area contributed by atoms with Crippen LogP contribution in [0.15, 0.2) is 11.7 Å². The fraction of sp³-hybridized carbons (Fsp3) is 0.667. The lowest BCUT2D eigenvalue weighted by Crippen LogP contribution is -2.32. The van der Waals surface area contributed by atoms with Crippen molar-refractivity contribution < 1.29 is 5.11 Å². The minimum atomic E-state index is 0.208. The minimum absolute atomic E-state index is 0.208. The zero-order valence-corrected chi connectivity index (χ0v) is 9.90. The molecule has 0 radical (unpaired) electrons. The molecule has 1 aromatic rings. The summed E-state index contributed by atoms with van der Waals surface area (Å²) in [4.78, 5) is 5.22. The lowest BCUT2D eigenvalue weighted by Gasteiger charge is -2.14. The number of rotatable bonds is 7. The molecule has 0 aliphatic heterocycles. The molecule has 0 fully saturated rings. The predicted octanol–water partition coefficient (Wildman–Crippen LogP) is 1.35. The number of nitrogens with one attached hydrogen (secondary N) is 1. The van der Waals surface area contributed by atoms with E-state index in [-0.39, 0.29) is 12.6 Å². The van der Waals surface area contributed by atoms with Gasteiger partial charge >= 0.3 is 0 Å². The molecule has 0 bridgehead atoms. The van der Waals surface area contributed by atoms with Gasteiger partial charge in [-0.2, -0.15) is 11.8 Å². The molecule has 1 heterocycles. The lowest BCUT2D eigenvalue weighted by molar-refractivity contribution is 0.239. The van der Waals surface area contributed by atoms with Gasteiger partial charge in [-0.05, 0) is 18.4 Å². The first-order valence-corrected chi connectivity index (χ1v) is 6.84. The van der Waals surface area contributed by atoms with Crippen molar-refractivity contribution in [3.05, 3.63) is 16.6 Å². The average Bonchev–Trinajstić information content (AvgIpc) is 2.71. The Kier molecular flexibility index (Phi) is 6.18. The van der Waals surface area contributed by atoms with Gasteiger partial charge in [0.1, 0.15) is 0 Å². The van der Waals surface area contributed by atoms with Crippen molar-refractivity contribution >= 4 is 23.1 Å². The van der Waals surface area contributed by atoms with E-state index in [1.165, 1.54) is 4.88 Å². The number of nitrogens with zero attached hydrogens (tertiary/aromatic N) is 1. The molecule has 1 atom stereocenters. The fourth-order valence-electron chi connectivity index (χ4n) is 1.09. The van der Waals surface area contributed by atoms with Gasteiger partial charge in [0.25, 0.3) is 0 Å². The van der Waals surface area contributed by atoms with E-state index in [2.05, 4.69) is 16.6 Å². The summed E-state index contributed by atoms with van der Waals surface area (Å²) in [5, 5.41) is 12.4. The average molecular weight is 232 g/mol. The van der Waals surface area contributed by atoms with Crippen molar-refractivity contribution in [3.63, 3.8) is 0 Å². The first-order chi connectivity index (χ1) is 6.86. The van der Waals surface area contributed by atoms with Crippen LogP contribution in [0.3, 0.4) is 0 Å². The third-order valence-electron chi connectivity index (χ3n) is 1.94. The Hall–Kier alpha value is -0.100. The van der Waals surface area contributed by atoms with Crippen molar-refractivity contribution in [2.24, 2.45) is 0 Å². The van der Waals surface area contributed by atoms with Gasteiger partial charge in [-0.3, -0.25) is 4.98 Å². The molecule has 0 aliphatic carbocycles. The molecule has 14 heavy (non-hydrogen) atoms. The topological polar surface area (TPSA) is 45.1 Å². The van der Waals surface area contributed by atoms with Crippen LogP contribution in [0.4, 0.5) is 0 Å². The largest absolute Gasteiger partial charge is 0.395 e. The highest BCUT2D eigenvalue weighted by molar-refractivity contribution is 7.98. The van der Waals surface area contributed by atoms with E-state index in [1.807, 2.05) is 23.5 Å². The highest BCUT2D eigenvalue weighted by Gasteiger charge is 2.06. The summed E-state index contributed by atoms with van der Waals surface area (Å²) >= 11 is 3.45. The van der Waals surface area contributed by atoms with Gasteiger partial charge in [0.05, 0.1) is 12.1 Å². The Morgan fingerprint density at radius 2 is 2.57 bits per heavy atom. The highest BCUT2D eigenvalue weighted by Crippen LogP contribution is 2.06. The first kappa shape index (κ1) is 12.0. The summed E-state index contributed by atoms with van der Waals surface area (Å²) in [7, 11) is 0. The maximum Gasteiger partial charge on any atom is 0.0794 e. The Balaban J connectivity index is 2.20. The standard InChI is InChI=1S/C9H16N2OS2/c1-13-3-2-8(6-12)11-5-9-4-10-7-14-9/h4,7-8,11-12H,2-3,5-6H2,1H3. The van der Waals surface area contributed by atoms with Gasteiger partial charge in [-0.1, -0.05) is 0 Å². The number of thioether (sulfide) groups is 1. The van der Waals surface area contributed by atoms with Gasteiger partial charge in [0, 0.05) is 23.7 Å². The second-order valence-corrected chi connectivity index (χ2v) is 4.97. The van der Waals surface area contributed by atoms with E-state index >= 15 is 0 Å². The molecule has 3 nitrogen and oxygen atoms in total. The molecular formula is C9H16N2OS2. The van der Waals surface area contributed by atoms with Crippen LogP contribution < -0.4 is 5.32 Å². The van der Waals surface area contributed by atoms with Crippen LogP contribution in [0.25, 0.3) is 0 Å². The van der Waals surface area contributed by atoms with Gasteiger partial charge < -0.3 is 10.4 Å². The number of aliphatic hydroxyl groups is 1. The SMILES string of the molecule is CSCCC(CO)NCc1cncs1. The monoisotopic (exact) mass is 232 g/mol. The second-order valence-electron chi connectivity index (χ2n) is 3.01. The third-order valence-corrected chi connectivity index (χ3v) is 3.36. The Morgan fingerprint density at radius 1 is 1.71 bits per heavy atom. The van der Waals surface area contributed by atoms with Crippen LogP contribution in [0.5, 0.6) is 0 Å². The molecule has 2 N–H and O–H groups in total. The number of hydrogen-bond donors (Lipinski definition) is 2. The molecular weight excluding hydrogens is 216 g/mol. The van der Waals surface area contributed by atoms with Crippen molar-refractivity contribution in [2.75, 3.05) is 18.6 Å². The zero-order chi connectivity index (χ0) is 10.2. The Bertz CT molecular complexity index is 229. The summed E-state index contributed by atoms with van der Waals surface area (Å²) in [5.41, 5.74) is 1.83. The number of aromatic nitrogens is 1. The summed E-state index contributed by atoms with van der Waals surface area (Å²) < 4.78 is 0. The normalized spacial score (nSPS) is 13.0. The van der Waals surface area contributed by atoms with E-state index in [0.29, 0.717) is 0 Å². The van der Waals surface area contributed by atoms with Crippen LogP contribution in [0.2, 0.25) is 0 Å². The van der Waals surface area contributed by atoms with Gasteiger partial charge in [-0.25, -0.2) is 0 Å². The molecule has 80 valence electrons. The molecule has 0 saturated heterocycles. The first-order valence-electron chi connectivity index (χ1n) is 4.57. The summed E-state index contributed by atoms with van der Waals surface area (Å²) in [6.45, 7) is 1.02. The maximum absolute atomic E-state index is 9.10. The smallest absolute Gasteiger partial charge is 0.0794 e. The molecule has 5 heteroatoms. The Labute approximate surface area is 92.9 Å². The number of hydrogen-bond acceptors (Lipinski definition) is 5. The second kappa shape index (κ2) is 7.23. The van der Waals surface area contributed by atoms with Crippen LogP contribution in [0, 0.1) is 0 Å². The van der Waals surface area contributed by atoms with Crippen molar-refractivity contribution in [1.82, 2.24) is 10.3 Å². The number of thiazole rings is 1. The summed E-state index contributed by atoms with van der Waals surface area (Å²) in [6.07, 6.45) is 4.95. The van der Waals surface area contributed by atoms with Crippen molar-refractivity contribution in [1.29, 1.82) is 0 Å². The predicted molar refractivity (Wildman–Crippen MR) is 62.8 cm³/mol. The number of aliphatic hydroxyl groups excluding tert-OH is 1. The van der Waals surface area contributed by atoms with Gasteiger partial charge in [-0.15, -0.1) is 11.3 Å². The molecule has 0 aromatic carbocycles. The van der Waals surface area contributed by atoms with Crippen LogP contribution >= 0.6 is 23.1 Å². The lowest BCUT2D eigenvalue weighted by atomic mass is 10.2. The van der Waals surface area contributed by atoms with Gasteiger partial charge in [0.2, 0.25) is 0 Å². The molecule has 1 aromatic heterocycles. The molecule has 1 unspecified atom stereocenters.